The molecule has 15 N–H and O–H groups in total. The van der Waals surface area contributed by atoms with Gasteiger partial charge in [0.25, 0.3) is 0 Å². The molecule has 2 aliphatic heterocycles. The van der Waals surface area contributed by atoms with Crippen LogP contribution in [-0.2, 0) is 14.2 Å². The molecule has 0 amide bonds. The summed E-state index contributed by atoms with van der Waals surface area (Å²) in [6.07, 6.45) is -3.09. The number of hydrogen-bond donors (Lipinski definition) is 11. The number of aliphatic hydroxyl groups excluding tert-OH is 5. The van der Waals surface area contributed by atoms with Crippen molar-refractivity contribution in [2.45, 2.75) is 118 Å². The van der Waals surface area contributed by atoms with Gasteiger partial charge in [0, 0.05) is 43.7 Å². The van der Waals surface area contributed by atoms with Crippen LogP contribution in [0.2, 0.25) is 0 Å². The van der Waals surface area contributed by atoms with Gasteiger partial charge in [-0.2, -0.15) is 0 Å². The lowest BCUT2D eigenvalue weighted by Gasteiger charge is -2.50. The van der Waals surface area contributed by atoms with E-state index in [2.05, 4.69) is 10.6 Å². The molecule has 14 heteroatoms. The van der Waals surface area contributed by atoms with Gasteiger partial charge < -0.3 is 73.3 Å². The van der Waals surface area contributed by atoms with Crippen LogP contribution >= 0.6 is 0 Å². The molecule has 2 aliphatic carbocycles. The Bertz CT molecular complexity index is 767. The average Bonchev–Trinajstić information content (AvgIpc) is 2.92. The van der Waals surface area contributed by atoms with Crippen molar-refractivity contribution >= 4 is 0 Å². The van der Waals surface area contributed by atoms with Gasteiger partial charge in [-0.05, 0) is 51.0 Å². The maximum Gasteiger partial charge on any atom is 0.186 e. The fourth-order valence-electron chi connectivity index (χ4n) is 6.68. The topological polar surface area (TPSA) is 257 Å². The molecule has 0 spiro atoms. The standard InChI is InChI=1S/C26H52N6O8/c27-7-14(34)9-32-17-6-16(29)20(18-3-1-2-15(38-18)10-31-8-12-4-13(28)5-12)23(36)25(17)40-26-24(37)21(30)22(35)19(11-33)39-26/h12-26,31-37H,1-11,27-30H2. The van der Waals surface area contributed by atoms with Crippen LogP contribution in [0.5, 0.6) is 0 Å². The van der Waals surface area contributed by atoms with E-state index in [1.807, 2.05) is 0 Å². The smallest absolute Gasteiger partial charge is 0.186 e. The fraction of sp³-hybridized carbons (Fsp3) is 1.00. The van der Waals surface area contributed by atoms with Crippen molar-refractivity contribution in [3.8, 4) is 0 Å². The van der Waals surface area contributed by atoms with Gasteiger partial charge >= 0.3 is 0 Å². The third-order valence-electron chi connectivity index (χ3n) is 9.15. The second-order valence-corrected chi connectivity index (χ2v) is 12.2. The summed E-state index contributed by atoms with van der Waals surface area (Å²) in [5.74, 6) is 0.156. The molecule has 4 aliphatic rings. The van der Waals surface area contributed by atoms with Crippen molar-refractivity contribution in [2.75, 3.05) is 32.8 Å². The summed E-state index contributed by atoms with van der Waals surface area (Å²) < 4.78 is 18.3. The second kappa shape index (κ2) is 14.8. The maximum atomic E-state index is 11.7. The molecule has 234 valence electrons. The number of rotatable bonds is 12. The average molecular weight is 577 g/mol. The van der Waals surface area contributed by atoms with Crippen LogP contribution in [0.4, 0.5) is 0 Å². The molecule has 14 nitrogen and oxygen atoms in total. The Morgan fingerprint density at radius 3 is 2.38 bits per heavy atom. The van der Waals surface area contributed by atoms with E-state index in [-0.39, 0.29) is 25.3 Å². The lowest BCUT2D eigenvalue weighted by Crippen LogP contribution is -2.68. The van der Waals surface area contributed by atoms with Gasteiger partial charge in [-0.3, -0.25) is 0 Å². The van der Waals surface area contributed by atoms with Crippen LogP contribution in [0, 0.1) is 11.8 Å². The van der Waals surface area contributed by atoms with Crippen molar-refractivity contribution in [3.63, 3.8) is 0 Å². The number of nitrogens with one attached hydrogen (secondary N) is 2. The molecule has 2 heterocycles. The minimum Gasteiger partial charge on any atom is -0.394 e. The highest BCUT2D eigenvalue weighted by Gasteiger charge is 2.51. The Kier molecular flexibility index (Phi) is 11.9. The van der Waals surface area contributed by atoms with E-state index in [4.69, 9.17) is 37.1 Å². The molecule has 2 saturated carbocycles. The number of ether oxygens (including phenoxy) is 3. The van der Waals surface area contributed by atoms with Crippen molar-refractivity contribution in [1.82, 2.24) is 10.6 Å². The Morgan fingerprint density at radius 1 is 0.950 bits per heavy atom. The summed E-state index contributed by atoms with van der Waals surface area (Å²) in [4.78, 5) is 0. The summed E-state index contributed by atoms with van der Waals surface area (Å²) in [7, 11) is 0. The molecule has 0 aromatic rings. The highest BCUT2D eigenvalue weighted by atomic mass is 16.7. The Balaban J connectivity index is 1.43. The molecule has 0 radical (unpaired) electrons. The first-order valence-electron chi connectivity index (χ1n) is 14.8. The zero-order chi connectivity index (χ0) is 29.0. The van der Waals surface area contributed by atoms with Crippen LogP contribution in [0.3, 0.4) is 0 Å². The fourth-order valence-corrected chi connectivity index (χ4v) is 6.68. The first-order chi connectivity index (χ1) is 19.1. The zero-order valence-corrected chi connectivity index (χ0v) is 23.2. The van der Waals surface area contributed by atoms with Crippen molar-refractivity contribution in [2.24, 2.45) is 34.8 Å². The van der Waals surface area contributed by atoms with Gasteiger partial charge in [0.2, 0.25) is 0 Å². The van der Waals surface area contributed by atoms with E-state index in [0.717, 1.165) is 38.6 Å². The lowest BCUT2D eigenvalue weighted by molar-refractivity contribution is -0.306. The minimum absolute atomic E-state index is 0.00452. The molecule has 40 heavy (non-hydrogen) atoms. The molecule has 0 aromatic heterocycles. The van der Waals surface area contributed by atoms with Crippen molar-refractivity contribution < 1.29 is 39.7 Å². The maximum absolute atomic E-state index is 11.7. The molecule has 0 bridgehead atoms. The molecule has 4 fully saturated rings. The van der Waals surface area contributed by atoms with Gasteiger partial charge in [-0.15, -0.1) is 0 Å². The molecule has 2 saturated heterocycles. The normalized spacial score (nSPS) is 47.0. The van der Waals surface area contributed by atoms with Gasteiger partial charge in [0.15, 0.2) is 6.29 Å². The van der Waals surface area contributed by atoms with Crippen LogP contribution in [0.15, 0.2) is 0 Å². The van der Waals surface area contributed by atoms with Gasteiger partial charge in [0.1, 0.15) is 24.4 Å². The summed E-state index contributed by atoms with van der Waals surface area (Å²) >= 11 is 0. The van der Waals surface area contributed by atoms with E-state index in [1.165, 1.54) is 0 Å². The summed E-state index contributed by atoms with van der Waals surface area (Å²) in [6, 6.07) is -1.74. The van der Waals surface area contributed by atoms with E-state index in [1.54, 1.807) is 0 Å². The summed E-state index contributed by atoms with van der Waals surface area (Å²) in [5, 5.41) is 59.0. The second-order valence-electron chi connectivity index (χ2n) is 12.2. The van der Waals surface area contributed by atoms with Gasteiger partial charge in [0.05, 0.1) is 37.1 Å². The van der Waals surface area contributed by atoms with E-state index < -0.39 is 73.6 Å². The molecular formula is C26H52N6O8. The van der Waals surface area contributed by atoms with E-state index >= 15 is 0 Å². The monoisotopic (exact) mass is 576 g/mol. The van der Waals surface area contributed by atoms with E-state index in [0.29, 0.717) is 24.9 Å². The number of nitrogens with two attached hydrogens (primary N) is 4. The summed E-state index contributed by atoms with van der Waals surface area (Å²) in [5.41, 5.74) is 24.1. The Labute approximate surface area is 236 Å². The van der Waals surface area contributed by atoms with Gasteiger partial charge in [-0.25, -0.2) is 0 Å². The highest BCUT2D eigenvalue weighted by Crippen LogP contribution is 2.37. The lowest BCUT2D eigenvalue weighted by atomic mass is 9.73. The van der Waals surface area contributed by atoms with Gasteiger partial charge in [-0.1, -0.05) is 0 Å². The predicted octanol–water partition coefficient (Wildman–Crippen LogP) is -4.61. The van der Waals surface area contributed by atoms with Crippen LogP contribution in [0.1, 0.15) is 38.5 Å². The molecule has 13 unspecified atom stereocenters. The quantitative estimate of drug-likeness (QED) is 0.104. The first-order valence-corrected chi connectivity index (χ1v) is 14.8. The van der Waals surface area contributed by atoms with Crippen LogP contribution in [-0.4, -0.2) is 138 Å². The largest absolute Gasteiger partial charge is 0.394 e. The molecule has 13 atom stereocenters. The Hall–Kier alpha value is -0.560. The van der Waals surface area contributed by atoms with E-state index in [9.17, 15) is 25.5 Å². The Morgan fingerprint density at radius 2 is 1.70 bits per heavy atom. The van der Waals surface area contributed by atoms with Crippen LogP contribution < -0.4 is 33.6 Å². The third-order valence-corrected chi connectivity index (χ3v) is 9.15. The van der Waals surface area contributed by atoms with Crippen molar-refractivity contribution in [3.05, 3.63) is 0 Å². The highest BCUT2D eigenvalue weighted by molar-refractivity contribution is 5.03. The number of aliphatic hydroxyl groups is 5. The van der Waals surface area contributed by atoms with Crippen LogP contribution in [0.25, 0.3) is 0 Å². The summed E-state index contributed by atoms with van der Waals surface area (Å²) in [6.45, 7) is 1.31. The SMILES string of the molecule is NCC(O)CNC1CC(N)C(C2CCCC(CNCC3CC(N)C3)O2)C(O)C1OC1OC(CO)C(O)C(N)C1O. The molecule has 0 aromatic carbocycles. The zero-order valence-electron chi connectivity index (χ0n) is 23.2. The van der Waals surface area contributed by atoms with Crippen molar-refractivity contribution in [1.29, 1.82) is 0 Å². The molecular weight excluding hydrogens is 524 g/mol. The first kappa shape index (κ1) is 32.4. The third kappa shape index (κ3) is 7.68. The minimum atomic E-state index is -1.40. The predicted molar refractivity (Wildman–Crippen MR) is 146 cm³/mol. The number of hydrogen-bond acceptors (Lipinski definition) is 14. The molecule has 4 rings (SSSR count).